The molecule has 26 heavy (non-hydrogen) atoms. The third kappa shape index (κ3) is 6.27. The van der Waals surface area contributed by atoms with Crippen molar-refractivity contribution < 1.29 is 4.21 Å². The van der Waals surface area contributed by atoms with Crippen LogP contribution in [0.4, 0.5) is 0 Å². The van der Waals surface area contributed by atoms with Gasteiger partial charge in [0.25, 0.3) is 0 Å². The van der Waals surface area contributed by atoms with Crippen LogP contribution in [0.3, 0.4) is 0 Å². The van der Waals surface area contributed by atoms with E-state index in [-0.39, 0.29) is 0 Å². The fourth-order valence-electron chi connectivity index (χ4n) is 3.59. The first-order valence-electron chi connectivity index (χ1n) is 9.67. The van der Waals surface area contributed by atoms with Crippen molar-refractivity contribution in [2.45, 2.75) is 63.2 Å². The number of hydrogen-bond donors (Lipinski definition) is 2. The normalized spacial score (nSPS) is 23.3. The van der Waals surface area contributed by atoms with Crippen LogP contribution in [0.15, 0.2) is 29.3 Å². The van der Waals surface area contributed by atoms with Crippen LogP contribution in [0.2, 0.25) is 5.02 Å². The van der Waals surface area contributed by atoms with Crippen LogP contribution < -0.4 is 10.6 Å². The van der Waals surface area contributed by atoms with Gasteiger partial charge in [0.1, 0.15) is 0 Å². The zero-order chi connectivity index (χ0) is 18.9. The average molecular weight is 398 g/mol. The van der Waals surface area contributed by atoms with E-state index in [2.05, 4.69) is 34.7 Å². The second-order valence-electron chi connectivity index (χ2n) is 6.91. The Morgan fingerprint density at radius 2 is 2.04 bits per heavy atom. The SMILES string of the molecule is CCC(CNC(=NC)NC1CCCC(S(=O)CC)C1)c1ccc(Cl)cc1. The van der Waals surface area contributed by atoms with Crippen LogP contribution in [-0.4, -0.2) is 40.8 Å². The maximum Gasteiger partial charge on any atom is 0.191 e. The summed E-state index contributed by atoms with van der Waals surface area (Å²) < 4.78 is 12.1. The van der Waals surface area contributed by atoms with Gasteiger partial charge in [-0.25, -0.2) is 0 Å². The molecule has 1 aliphatic rings. The number of hydrogen-bond acceptors (Lipinski definition) is 2. The molecule has 0 aromatic heterocycles. The van der Waals surface area contributed by atoms with Crippen molar-refractivity contribution in [2.24, 2.45) is 4.99 Å². The Hall–Kier alpha value is -1.07. The summed E-state index contributed by atoms with van der Waals surface area (Å²) in [6, 6.07) is 8.44. The first kappa shape index (κ1) is 21.2. The highest BCUT2D eigenvalue weighted by Gasteiger charge is 2.26. The summed E-state index contributed by atoms with van der Waals surface area (Å²) in [5.41, 5.74) is 1.29. The predicted molar refractivity (Wildman–Crippen MR) is 114 cm³/mol. The molecule has 1 aromatic carbocycles. The second-order valence-corrected chi connectivity index (χ2v) is 9.35. The van der Waals surface area contributed by atoms with Gasteiger partial charge in [0.15, 0.2) is 5.96 Å². The van der Waals surface area contributed by atoms with E-state index in [1.165, 1.54) is 5.56 Å². The van der Waals surface area contributed by atoms with Crippen molar-refractivity contribution in [2.75, 3.05) is 19.3 Å². The fourth-order valence-corrected chi connectivity index (χ4v) is 5.07. The third-order valence-electron chi connectivity index (χ3n) is 5.20. The Labute approximate surface area is 165 Å². The largest absolute Gasteiger partial charge is 0.356 e. The van der Waals surface area contributed by atoms with Crippen LogP contribution in [0.25, 0.3) is 0 Å². The lowest BCUT2D eigenvalue weighted by Gasteiger charge is -2.30. The maximum absolute atomic E-state index is 12.1. The summed E-state index contributed by atoms with van der Waals surface area (Å²) in [5, 5.41) is 8.10. The topological polar surface area (TPSA) is 53.5 Å². The van der Waals surface area contributed by atoms with Gasteiger partial charge in [0, 0.05) is 52.4 Å². The number of benzene rings is 1. The molecule has 146 valence electrons. The molecule has 4 nitrogen and oxygen atoms in total. The fraction of sp³-hybridized carbons (Fsp3) is 0.650. The van der Waals surface area contributed by atoms with Crippen molar-refractivity contribution in [3.63, 3.8) is 0 Å². The Morgan fingerprint density at radius 1 is 1.31 bits per heavy atom. The van der Waals surface area contributed by atoms with Gasteiger partial charge in [-0.15, -0.1) is 0 Å². The minimum absolute atomic E-state index is 0.321. The molecule has 2 rings (SSSR count). The standard InChI is InChI=1S/C20H32ClN3OS/c1-4-15(16-9-11-17(21)12-10-16)14-23-20(22-3)24-18-7-6-8-19(13-18)26(25)5-2/h9-12,15,18-19H,4-8,13-14H2,1-3H3,(H2,22,23,24). The van der Waals surface area contributed by atoms with Crippen molar-refractivity contribution >= 4 is 28.4 Å². The number of nitrogens with one attached hydrogen (secondary N) is 2. The molecule has 4 unspecified atom stereocenters. The molecule has 1 fully saturated rings. The van der Waals surface area contributed by atoms with Crippen LogP contribution in [0.1, 0.15) is 57.4 Å². The molecule has 0 aliphatic heterocycles. The van der Waals surface area contributed by atoms with Crippen molar-refractivity contribution in [3.05, 3.63) is 34.9 Å². The van der Waals surface area contributed by atoms with Gasteiger partial charge in [-0.05, 0) is 43.4 Å². The molecular weight excluding hydrogens is 366 g/mol. The lowest BCUT2D eigenvalue weighted by molar-refractivity contribution is 0.413. The highest BCUT2D eigenvalue weighted by molar-refractivity contribution is 7.85. The van der Waals surface area contributed by atoms with Crippen LogP contribution in [0.5, 0.6) is 0 Å². The van der Waals surface area contributed by atoms with Crippen LogP contribution in [-0.2, 0) is 10.8 Å². The molecule has 4 atom stereocenters. The molecular formula is C20H32ClN3OS. The zero-order valence-electron chi connectivity index (χ0n) is 16.1. The monoisotopic (exact) mass is 397 g/mol. The Morgan fingerprint density at radius 3 is 2.65 bits per heavy atom. The summed E-state index contributed by atoms with van der Waals surface area (Å²) in [6.07, 6.45) is 5.35. The molecule has 6 heteroatoms. The molecule has 1 saturated carbocycles. The lowest BCUT2D eigenvalue weighted by Crippen LogP contribution is -2.47. The third-order valence-corrected chi connectivity index (χ3v) is 7.19. The lowest BCUT2D eigenvalue weighted by atomic mass is 9.95. The Kier molecular flexibility index (Phi) is 8.93. The van der Waals surface area contributed by atoms with Crippen molar-refractivity contribution in [1.29, 1.82) is 0 Å². The summed E-state index contributed by atoms with van der Waals surface area (Å²) in [7, 11) is 1.11. The summed E-state index contributed by atoms with van der Waals surface area (Å²) in [4.78, 5) is 4.38. The van der Waals surface area contributed by atoms with E-state index in [1.807, 2.05) is 26.1 Å². The average Bonchev–Trinajstić information content (AvgIpc) is 2.68. The summed E-state index contributed by atoms with van der Waals surface area (Å²) >= 11 is 6.00. The van der Waals surface area contributed by atoms with Gasteiger partial charge >= 0.3 is 0 Å². The molecule has 0 bridgehead atoms. The maximum atomic E-state index is 12.1. The van der Waals surface area contributed by atoms with E-state index >= 15 is 0 Å². The molecule has 2 N–H and O–H groups in total. The van der Waals surface area contributed by atoms with E-state index in [0.717, 1.165) is 55.4 Å². The molecule has 1 aromatic rings. The second kappa shape index (κ2) is 10.9. The van der Waals surface area contributed by atoms with Gasteiger partial charge in [-0.3, -0.25) is 9.20 Å². The number of halogens is 1. The van der Waals surface area contributed by atoms with Gasteiger partial charge < -0.3 is 10.6 Å². The molecule has 0 radical (unpaired) electrons. The number of guanidine groups is 1. The predicted octanol–water partition coefficient (Wildman–Crippen LogP) is 4.08. The van der Waals surface area contributed by atoms with Gasteiger partial charge in [0.05, 0.1) is 0 Å². The first-order chi connectivity index (χ1) is 12.6. The van der Waals surface area contributed by atoms with E-state index in [9.17, 15) is 4.21 Å². The summed E-state index contributed by atoms with van der Waals surface area (Å²) in [6.45, 7) is 5.03. The van der Waals surface area contributed by atoms with Crippen molar-refractivity contribution in [3.8, 4) is 0 Å². The van der Waals surface area contributed by atoms with Gasteiger partial charge in [-0.1, -0.05) is 44.0 Å². The Bertz CT molecular complexity index is 606. The smallest absolute Gasteiger partial charge is 0.191 e. The minimum atomic E-state index is -0.701. The van der Waals surface area contributed by atoms with Gasteiger partial charge in [0.2, 0.25) is 0 Å². The minimum Gasteiger partial charge on any atom is -0.356 e. The van der Waals surface area contributed by atoms with Crippen molar-refractivity contribution in [1.82, 2.24) is 10.6 Å². The highest BCUT2D eigenvalue weighted by atomic mass is 35.5. The highest BCUT2D eigenvalue weighted by Crippen LogP contribution is 2.23. The molecule has 1 aliphatic carbocycles. The quantitative estimate of drug-likeness (QED) is 0.538. The first-order valence-corrected chi connectivity index (χ1v) is 11.4. The molecule has 0 heterocycles. The zero-order valence-corrected chi connectivity index (χ0v) is 17.7. The molecule has 0 amide bonds. The van der Waals surface area contributed by atoms with Gasteiger partial charge in [-0.2, -0.15) is 0 Å². The number of rotatable bonds is 7. The number of aliphatic imine (C=N–C) groups is 1. The van der Waals surface area contributed by atoms with E-state index in [4.69, 9.17) is 11.6 Å². The molecule has 0 saturated heterocycles. The van der Waals surface area contributed by atoms with E-state index in [0.29, 0.717) is 17.2 Å². The van der Waals surface area contributed by atoms with E-state index < -0.39 is 10.8 Å². The van der Waals surface area contributed by atoms with E-state index in [1.54, 1.807) is 0 Å². The number of nitrogens with zero attached hydrogens (tertiary/aromatic N) is 1. The van der Waals surface area contributed by atoms with Crippen LogP contribution >= 0.6 is 11.6 Å². The molecule has 0 spiro atoms. The Balaban J connectivity index is 1.88. The van der Waals surface area contributed by atoms with Crippen LogP contribution in [0, 0.1) is 0 Å². The summed E-state index contributed by atoms with van der Waals surface area (Å²) in [5.74, 6) is 2.01.